The number of hydrogen-bond acceptors (Lipinski definition) is 9. The van der Waals surface area contributed by atoms with Gasteiger partial charge in [-0.1, -0.05) is 73.4 Å². The van der Waals surface area contributed by atoms with Gasteiger partial charge in [-0.3, -0.25) is 19.3 Å². The summed E-state index contributed by atoms with van der Waals surface area (Å²) in [5, 5.41) is 15.4. The smallest absolute Gasteiger partial charge is 0.270 e. The molecule has 7 atom stereocenters. The van der Waals surface area contributed by atoms with Gasteiger partial charge in [-0.05, 0) is 81.6 Å². The SMILES string of the molecule is CCCOCN(C(=O)[C@@H](CC(=O)C1CCCCN1C)C(C)CC)[C@H](C[C@@H](C)c1nc(C(=O)N[C@@H](Cc2ccc(O)cc2)C[C@H](C)C=O)cs1)C(C)C. The molecular formula is C41H64N4O6S. The van der Waals surface area contributed by atoms with Gasteiger partial charge in [0.2, 0.25) is 5.91 Å². The highest BCUT2D eigenvalue weighted by atomic mass is 32.1. The molecule has 1 aliphatic heterocycles. The Balaban J connectivity index is 1.80. The zero-order valence-electron chi connectivity index (χ0n) is 32.8. The molecular weight excluding hydrogens is 677 g/mol. The number of aldehydes is 1. The topological polar surface area (TPSA) is 129 Å². The van der Waals surface area contributed by atoms with E-state index in [9.17, 15) is 24.3 Å². The van der Waals surface area contributed by atoms with Crippen LogP contribution in [0.15, 0.2) is 29.6 Å². The lowest BCUT2D eigenvalue weighted by Gasteiger charge is -2.39. The zero-order chi connectivity index (χ0) is 38.4. The maximum Gasteiger partial charge on any atom is 0.270 e. The number of benzene rings is 1. The number of likely N-dealkylation sites (N-methyl/N-ethyl adjacent to an activating group) is 1. The highest BCUT2D eigenvalue weighted by molar-refractivity contribution is 7.09. The van der Waals surface area contributed by atoms with Crippen LogP contribution in [-0.2, 0) is 25.5 Å². The van der Waals surface area contributed by atoms with Crippen LogP contribution in [0.3, 0.4) is 0 Å². The fraction of sp³-hybridized carbons (Fsp3) is 0.683. The number of carbonyl (C=O) groups is 4. The van der Waals surface area contributed by atoms with Crippen LogP contribution in [0.1, 0.15) is 127 Å². The van der Waals surface area contributed by atoms with Crippen LogP contribution in [0.2, 0.25) is 0 Å². The Morgan fingerprint density at radius 3 is 2.42 bits per heavy atom. The van der Waals surface area contributed by atoms with Gasteiger partial charge in [0.25, 0.3) is 5.91 Å². The van der Waals surface area contributed by atoms with Crippen LogP contribution >= 0.6 is 11.3 Å². The van der Waals surface area contributed by atoms with Crippen molar-refractivity contribution >= 4 is 35.2 Å². The van der Waals surface area contributed by atoms with E-state index in [-0.39, 0.29) is 78.3 Å². The summed E-state index contributed by atoms with van der Waals surface area (Å²) < 4.78 is 6.05. The average molecular weight is 741 g/mol. The van der Waals surface area contributed by atoms with E-state index in [1.165, 1.54) is 11.3 Å². The number of piperidine rings is 1. The molecule has 0 radical (unpaired) electrons. The minimum Gasteiger partial charge on any atom is -0.508 e. The molecule has 10 nitrogen and oxygen atoms in total. The van der Waals surface area contributed by atoms with E-state index in [0.29, 0.717) is 31.6 Å². The molecule has 2 unspecified atom stereocenters. The minimum absolute atomic E-state index is 0.0217. The number of aromatic nitrogens is 1. The number of phenols is 1. The first-order valence-electron chi connectivity index (χ1n) is 19.4. The first-order valence-corrected chi connectivity index (χ1v) is 20.3. The molecule has 2 amide bonds. The molecule has 1 aromatic heterocycles. The third-order valence-electron chi connectivity index (χ3n) is 10.7. The molecule has 1 fully saturated rings. The highest BCUT2D eigenvalue weighted by Crippen LogP contribution is 2.32. The third-order valence-corrected chi connectivity index (χ3v) is 11.7. The quantitative estimate of drug-likeness (QED) is 0.0734. The molecule has 0 aliphatic carbocycles. The summed E-state index contributed by atoms with van der Waals surface area (Å²) in [7, 11) is 2.01. The second-order valence-electron chi connectivity index (χ2n) is 15.4. The number of Topliss-reactive ketones (excluding diaryl/α,β-unsaturated/α-hetero) is 1. The maximum absolute atomic E-state index is 14.6. The lowest BCUT2D eigenvalue weighted by atomic mass is 9.82. The maximum atomic E-state index is 14.6. The Labute approximate surface area is 316 Å². The van der Waals surface area contributed by atoms with Crippen LogP contribution in [0.5, 0.6) is 5.75 Å². The van der Waals surface area contributed by atoms with Crippen molar-refractivity contribution in [2.75, 3.05) is 26.9 Å². The van der Waals surface area contributed by atoms with Crippen molar-refractivity contribution in [2.24, 2.45) is 23.7 Å². The molecule has 1 aliphatic rings. The number of nitrogens with one attached hydrogen (secondary N) is 1. The summed E-state index contributed by atoms with van der Waals surface area (Å²) in [4.78, 5) is 62.1. The standard InChI is InChI=1S/C41H64N4O6S/c1-9-19-51-26-45(41(50)34(29(6)10-2)23-38(48)36-13-11-12-18-44(36)8)37(27(3)4)21-30(7)40-43-35(25-52-40)39(49)42-32(20-28(5)24-46)22-31-14-16-33(47)17-15-31/h14-17,24-25,27-30,32,34,36-37,47H,9-13,18-23,26H2,1-8H3,(H,42,49)/t28-,29?,30+,32+,34-,36?,37+/m0/s1. The van der Waals surface area contributed by atoms with Crippen molar-refractivity contribution in [3.05, 3.63) is 45.9 Å². The van der Waals surface area contributed by atoms with Crippen molar-refractivity contribution in [3.8, 4) is 5.75 Å². The number of ketones is 1. The number of carbonyl (C=O) groups excluding carboxylic acids is 4. The first-order chi connectivity index (χ1) is 24.8. The number of ether oxygens (including phenoxy) is 1. The Morgan fingerprint density at radius 2 is 1.81 bits per heavy atom. The molecule has 2 N–H and O–H groups in total. The number of rotatable bonds is 22. The van der Waals surface area contributed by atoms with Gasteiger partial charge in [-0.2, -0.15) is 0 Å². The summed E-state index contributed by atoms with van der Waals surface area (Å²) in [5.41, 5.74) is 1.27. The molecule has 3 rings (SSSR count). The van der Waals surface area contributed by atoms with Crippen LogP contribution in [0, 0.1) is 23.7 Å². The molecule has 11 heteroatoms. The van der Waals surface area contributed by atoms with Crippen LogP contribution in [0.4, 0.5) is 0 Å². The Bertz CT molecular complexity index is 1410. The molecule has 290 valence electrons. The normalized spacial score (nSPS) is 18.6. The second kappa shape index (κ2) is 21.5. The van der Waals surface area contributed by atoms with Crippen LogP contribution in [0.25, 0.3) is 0 Å². The van der Waals surface area contributed by atoms with Gasteiger partial charge in [-0.25, -0.2) is 4.98 Å². The number of phenolic OH excluding ortho intramolecular Hbond substituents is 1. The molecule has 52 heavy (non-hydrogen) atoms. The lowest BCUT2D eigenvalue weighted by molar-refractivity contribution is -0.150. The minimum atomic E-state index is -0.429. The zero-order valence-corrected chi connectivity index (χ0v) is 33.6. The fourth-order valence-electron chi connectivity index (χ4n) is 7.21. The van der Waals surface area contributed by atoms with E-state index in [0.717, 1.165) is 55.5 Å². The molecule has 1 saturated heterocycles. The monoisotopic (exact) mass is 740 g/mol. The summed E-state index contributed by atoms with van der Waals surface area (Å²) in [5.74, 6) is -0.566. The number of nitrogens with zero attached hydrogens (tertiary/aromatic N) is 3. The van der Waals surface area contributed by atoms with Crippen LogP contribution < -0.4 is 5.32 Å². The van der Waals surface area contributed by atoms with Crippen molar-refractivity contribution in [3.63, 3.8) is 0 Å². The Hall–Kier alpha value is -3.15. The largest absolute Gasteiger partial charge is 0.508 e. The van der Waals surface area contributed by atoms with Gasteiger partial charge in [-0.15, -0.1) is 11.3 Å². The molecule has 0 bridgehead atoms. The van der Waals surface area contributed by atoms with Gasteiger partial charge in [0, 0.05) is 48.2 Å². The summed E-state index contributed by atoms with van der Waals surface area (Å²) in [6.45, 7) is 16.0. The molecule has 2 aromatic rings. The number of amides is 2. The molecule has 2 heterocycles. The fourth-order valence-corrected chi connectivity index (χ4v) is 8.08. The number of aromatic hydroxyl groups is 1. The molecule has 0 spiro atoms. The number of likely N-dealkylation sites (tertiary alicyclic amines) is 1. The van der Waals surface area contributed by atoms with E-state index in [1.54, 1.807) is 17.5 Å². The van der Waals surface area contributed by atoms with E-state index in [1.807, 2.05) is 37.9 Å². The van der Waals surface area contributed by atoms with E-state index < -0.39 is 5.92 Å². The molecule has 1 aromatic carbocycles. The summed E-state index contributed by atoms with van der Waals surface area (Å²) in [6.07, 6.45) is 7.34. The van der Waals surface area contributed by atoms with Crippen molar-refractivity contribution in [1.29, 1.82) is 0 Å². The van der Waals surface area contributed by atoms with E-state index in [2.05, 4.69) is 44.8 Å². The van der Waals surface area contributed by atoms with Gasteiger partial charge in [0.1, 0.15) is 24.5 Å². The Morgan fingerprint density at radius 1 is 1.10 bits per heavy atom. The van der Waals surface area contributed by atoms with E-state index in [4.69, 9.17) is 9.72 Å². The van der Waals surface area contributed by atoms with Gasteiger partial charge >= 0.3 is 0 Å². The molecule has 0 saturated carbocycles. The Kier molecular flexibility index (Phi) is 17.9. The lowest BCUT2D eigenvalue weighted by Crippen LogP contribution is -2.50. The summed E-state index contributed by atoms with van der Waals surface area (Å²) in [6, 6.07) is 6.25. The van der Waals surface area contributed by atoms with Crippen molar-refractivity contribution < 1.29 is 29.0 Å². The van der Waals surface area contributed by atoms with E-state index >= 15 is 0 Å². The third kappa shape index (κ3) is 12.8. The number of thiazole rings is 1. The van der Waals surface area contributed by atoms with Crippen LogP contribution in [-0.4, -0.2) is 88.8 Å². The van der Waals surface area contributed by atoms with Crippen molar-refractivity contribution in [1.82, 2.24) is 20.1 Å². The average Bonchev–Trinajstić information content (AvgIpc) is 3.63. The number of hydrogen-bond donors (Lipinski definition) is 2. The van der Waals surface area contributed by atoms with Gasteiger partial charge in [0.15, 0.2) is 5.78 Å². The first kappa shape index (κ1) is 43.3. The predicted octanol–water partition coefficient (Wildman–Crippen LogP) is 7.25. The van der Waals surface area contributed by atoms with Crippen molar-refractivity contribution in [2.45, 2.75) is 130 Å². The van der Waals surface area contributed by atoms with Gasteiger partial charge < -0.3 is 24.9 Å². The second-order valence-corrected chi connectivity index (χ2v) is 16.3. The predicted molar refractivity (Wildman–Crippen MR) is 207 cm³/mol. The summed E-state index contributed by atoms with van der Waals surface area (Å²) >= 11 is 1.43. The highest BCUT2D eigenvalue weighted by Gasteiger charge is 2.38. The van der Waals surface area contributed by atoms with Gasteiger partial charge in [0.05, 0.1) is 11.0 Å².